The number of halogens is 1. The number of aryl methyl sites for hydroxylation is 1. The lowest BCUT2D eigenvalue weighted by Crippen LogP contribution is -2.61. The number of aromatic hydroxyl groups is 1. The van der Waals surface area contributed by atoms with Crippen LogP contribution in [-0.4, -0.2) is 116 Å². The van der Waals surface area contributed by atoms with Crippen LogP contribution in [0.15, 0.2) is 47.4 Å². The first-order chi connectivity index (χ1) is 23.8. The van der Waals surface area contributed by atoms with Crippen LogP contribution < -0.4 is 10.9 Å². The molecule has 2 aromatic heterocycles. The molecule has 1 aromatic carbocycles. The summed E-state index contributed by atoms with van der Waals surface area (Å²) in [6, 6.07) is 9.59. The van der Waals surface area contributed by atoms with Crippen molar-refractivity contribution in [1.82, 2.24) is 39.5 Å². The van der Waals surface area contributed by atoms with Crippen molar-refractivity contribution in [2.75, 3.05) is 47.3 Å². The molecule has 0 spiro atoms. The van der Waals surface area contributed by atoms with E-state index in [2.05, 4.69) is 20.2 Å². The summed E-state index contributed by atoms with van der Waals surface area (Å²) in [4.78, 5) is 82.5. The minimum atomic E-state index is -1.24. The maximum absolute atomic E-state index is 14.1. The predicted octanol–water partition coefficient (Wildman–Crippen LogP) is 1.25. The van der Waals surface area contributed by atoms with E-state index in [9.17, 15) is 33.5 Å². The van der Waals surface area contributed by atoms with E-state index in [1.807, 2.05) is 0 Å². The quantitative estimate of drug-likeness (QED) is 0.363. The Kier molecular flexibility index (Phi) is 9.20. The normalized spacial score (nSPS) is 21.6. The lowest BCUT2D eigenvalue weighted by atomic mass is 9.71. The average molecular weight is 689 g/mol. The number of aromatic nitrogens is 3. The van der Waals surface area contributed by atoms with Gasteiger partial charge < -0.3 is 25.1 Å². The van der Waals surface area contributed by atoms with Crippen LogP contribution in [0.25, 0.3) is 0 Å². The lowest BCUT2D eigenvalue weighted by Gasteiger charge is -2.52. The summed E-state index contributed by atoms with van der Waals surface area (Å²) < 4.78 is 15.2. The van der Waals surface area contributed by atoms with Gasteiger partial charge in [-0.1, -0.05) is 18.2 Å². The molecule has 0 unspecified atom stereocenters. The third-order valence-electron chi connectivity index (χ3n) is 10.6. The largest absolute Gasteiger partial charge is 0.501 e. The van der Waals surface area contributed by atoms with E-state index in [1.54, 1.807) is 42.3 Å². The van der Waals surface area contributed by atoms with Gasteiger partial charge in [-0.25, -0.2) is 9.37 Å². The molecule has 1 saturated heterocycles. The zero-order valence-electron chi connectivity index (χ0n) is 28.6. The van der Waals surface area contributed by atoms with Gasteiger partial charge >= 0.3 is 11.8 Å². The Morgan fingerprint density at radius 2 is 1.68 bits per heavy atom. The van der Waals surface area contributed by atoms with E-state index in [0.29, 0.717) is 68.7 Å². The topological polar surface area (TPSA) is 161 Å². The molecule has 2 N–H and O–H groups in total. The fraction of sp³-hybridized carbons (Fsp3) is 0.457. The Bertz CT molecular complexity index is 1900. The smallest absolute Gasteiger partial charge is 0.312 e. The molecule has 14 nitrogen and oxygen atoms in total. The lowest BCUT2D eigenvalue weighted by molar-refractivity contribution is -0.155. The number of nitrogens with one attached hydrogen (secondary N) is 1. The van der Waals surface area contributed by atoms with Gasteiger partial charge in [0, 0.05) is 72.1 Å². The van der Waals surface area contributed by atoms with Crippen molar-refractivity contribution in [1.29, 1.82) is 0 Å². The number of pyridine rings is 1. The standard InChI is InChI=1S/C35H41FN8O6/c1-22-19-23(8-9-24(22)36)20-38-28(46)26-27(45)30(48)44-21-34(43-17-15-42(16-18-43)29(47)25-7-5-6-14-37-25)10-12-35(13-11-34,33(44)39-26)41(4)32(50)31(49)40(2)3/h5-9,14,19,45H,10-13,15-18,20-21H2,1-4H3,(H,38,46). The number of fused-ring (bicyclic) bond motifs is 2. The Morgan fingerprint density at radius 1 is 0.980 bits per heavy atom. The predicted molar refractivity (Wildman–Crippen MR) is 179 cm³/mol. The van der Waals surface area contributed by atoms with E-state index in [0.717, 1.165) is 0 Å². The van der Waals surface area contributed by atoms with Crippen LogP contribution in [0, 0.1) is 12.7 Å². The first-order valence-corrected chi connectivity index (χ1v) is 16.6. The Labute approximate surface area is 288 Å². The SMILES string of the molecule is Cc1cc(CNC(=O)c2nc3n(c(=O)c2O)CC2(N4CCN(C(=O)c5ccccn5)CC4)CCC3(N(C)C(=O)C(=O)N(C)C)CC2)ccc1F. The zero-order valence-corrected chi connectivity index (χ0v) is 28.6. The number of hydrogen-bond acceptors (Lipinski definition) is 9. The minimum Gasteiger partial charge on any atom is -0.501 e. The summed E-state index contributed by atoms with van der Waals surface area (Å²) in [7, 11) is 4.45. The third kappa shape index (κ3) is 5.99. The van der Waals surface area contributed by atoms with Crippen LogP contribution in [0.4, 0.5) is 4.39 Å². The molecule has 2 bridgehead atoms. The van der Waals surface area contributed by atoms with Gasteiger partial charge in [-0.2, -0.15) is 0 Å². The number of piperazine rings is 1. The van der Waals surface area contributed by atoms with E-state index in [1.165, 1.54) is 47.6 Å². The van der Waals surface area contributed by atoms with Crippen molar-refractivity contribution < 1.29 is 28.7 Å². The first-order valence-electron chi connectivity index (χ1n) is 16.6. The van der Waals surface area contributed by atoms with Crippen LogP contribution in [-0.2, 0) is 28.2 Å². The van der Waals surface area contributed by atoms with Gasteiger partial charge in [-0.3, -0.25) is 38.4 Å². The molecule has 0 atom stereocenters. The monoisotopic (exact) mass is 688 g/mol. The second kappa shape index (κ2) is 13.3. The van der Waals surface area contributed by atoms with E-state index in [-0.39, 0.29) is 30.6 Å². The summed E-state index contributed by atoms with van der Waals surface area (Å²) >= 11 is 0. The van der Waals surface area contributed by atoms with Gasteiger partial charge in [0.1, 0.15) is 22.9 Å². The highest BCUT2D eigenvalue weighted by Gasteiger charge is 2.56. The fourth-order valence-electron chi connectivity index (χ4n) is 7.56. The number of amides is 4. The molecule has 2 fully saturated rings. The maximum Gasteiger partial charge on any atom is 0.312 e. The number of likely N-dealkylation sites (N-methyl/N-ethyl adjacent to an activating group) is 2. The Morgan fingerprint density at radius 3 is 2.30 bits per heavy atom. The molecule has 3 aliphatic heterocycles. The van der Waals surface area contributed by atoms with Crippen molar-refractivity contribution in [2.24, 2.45) is 0 Å². The van der Waals surface area contributed by atoms with Crippen molar-refractivity contribution in [3.8, 4) is 5.75 Å². The molecule has 15 heteroatoms. The highest BCUT2D eigenvalue weighted by Crippen LogP contribution is 2.50. The molecule has 264 valence electrons. The molecule has 1 saturated carbocycles. The van der Waals surface area contributed by atoms with Crippen molar-refractivity contribution >= 4 is 23.6 Å². The first kappa shape index (κ1) is 34.7. The highest BCUT2D eigenvalue weighted by atomic mass is 19.1. The van der Waals surface area contributed by atoms with Gasteiger partial charge in [0.05, 0.1) is 0 Å². The molecule has 4 amide bonds. The van der Waals surface area contributed by atoms with Crippen LogP contribution in [0.3, 0.4) is 0 Å². The van der Waals surface area contributed by atoms with Gasteiger partial charge in [0.15, 0.2) is 5.69 Å². The molecule has 3 aromatic rings. The van der Waals surface area contributed by atoms with Crippen LogP contribution in [0.2, 0.25) is 0 Å². The van der Waals surface area contributed by atoms with E-state index in [4.69, 9.17) is 0 Å². The van der Waals surface area contributed by atoms with Crippen molar-refractivity contribution in [3.05, 3.63) is 87.1 Å². The molecular formula is C35H41FN8O6. The molecule has 1 aliphatic carbocycles. The minimum absolute atomic E-state index is 0.0156. The number of rotatable bonds is 6. The number of hydrogen-bond donors (Lipinski definition) is 2. The summed E-state index contributed by atoms with van der Waals surface area (Å²) in [5, 5.41) is 13.8. The Hall–Kier alpha value is -5.18. The molecular weight excluding hydrogens is 647 g/mol. The summed E-state index contributed by atoms with van der Waals surface area (Å²) in [5.74, 6) is -3.63. The van der Waals surface area contributed by atoms with Gasteiger partial charge in [-0.05, 0) is 61.9 Å². The van der Waals surface area contributed by atoms with Crippen LogP contribution in [0.5, 0.6) is 5.75 Å². The van der Waals surface area contributed by atoms with Crippen molar-refractivity contribution in [3.63, 3.8) is 0 Å². The van der Waals surface area contributed by atoms with Gasteiger partial charge in [-0.15, -0.1) is 0 Å². The highest BCUT2D eigenvalue weighted by molar-refractivity contribution is 6.34. The van der Waals surface area contributed by atoms with Crippen molar-refractivity contribution in [2.45, 2.75) is 56.8 Å². The summed E-state index contributed by atoms with van der Waals surface area (Å²) in [5.41, 5.74) is -1.80. The molecule has 5 heterocycles. The summed E-state index contributed by atoms with van der Waals surface area (Å²) in [6.45, 7) is 3.63. The number of carbonyl (C=O) groups is 4. The van der Waals surface area contributed by atoms with Crippen LogP contribution in [0.1, 0.15) is 63.6 Å². The second-order valence-electron chi connectivity index (χ2n) is 13.6. The number of carbonyl (C=O) groups excluding carboxylic acids is 4. The maximum atomic E-state index is 14.1. The molecule has 7 rings (SSSR count). The number of benzene rings is 1. The Balaban J connectivity index is 1.34. The molecule has 0 radical (unpaired) electrons. The molecule has 4 aliphatic rings. The van der Waals surface area contributed by atoms with Crippen LogP contribution >= 0.6 is 0 Å². The van der Waals surface area contributed by atoms with Gasteiger partial charge in [0.25, 0.3) is 17.4 Å². The third-order valence-corrected chi connectivity index (χ3v) is 10.6. The van der Waals surface area contributed by atoms with E-state index >= 15 is 0 Å². The average Bonchev–Trinajstić information content (AvgIpc) is 3.37. The molecule has 50 heavy (non-hydrogen) atoms. The van der Waals surface area contributed by atoms with E-state index < -0.39 is 45.8 Å². The fourth-order valence-corrected chi connectivity index (χ4v) is 7.56. The zero-order chi connectivity index (χ0) is 36.0. The van der Waals surface area contributed by atoms with Gasteiger partial charge in [0.2, 0.25) is 5.75 Å². The summed E-state index contributed by atoms with van der Waals surface area (Å²) in [6.07, 6.45) is 3.27. The number of nitrogens with zero attached hydrogens (tertiary/aromatic N) is 7. The second-order valence-corrected chi connectivity index (χ2v) is 13.6.